The van der Waals surface area contributed by atoms with Crippen LogP contribution in [0.15, 0.2) is 60.7 Å². The molecule has 98 valence electrons. The van der Waals surface area contributed by atoms with Gasteiger partial charge in [-0.2, -0.15) is 0 Å². The lowest BCUT2D eigenvalue weighted by Crippen LogP contribution is -2.07. The quantitative estimate of drug-likeness (QED) is 0.621. The van der Waals surface area contributed by atoms with E-state index >= 15 is 0 Å². The molecular weight excluding hydrogens is 248 g/mol. The van der Waals surface area contributed by atoms with E-state index in [-0.39, 0.29) is 18.0 Å². The molecule has 2 aliphatic heterocycles. The van der Waals surface area contributed by atoms with Crippen LogP contribution in [0.3, 0.4) is 0 Å². The molecule has 0 amide bonds. The lowest BCUT2D eigenvalue weighted by atomic mass is 9.89. The van der Waals surface area contributed by atoms with Crippen LogP contribution in [0, 0.1) is 0 Å². The summed E-state index contributed by atoms with van der Waals surface area (Å²) in [5.74, 6) is 0.158. The van der Waals surface area contributed by atoms with Crippen LogP contribution in [0.2, 0.25) is 0 Å². The predicted molar refractivity (Wildman–Crippen MR) is 76.6 cm³/mol. The summed E-state index contributed by atoms with van der Waals surface area (Å²) < 4.78 is 5.85. The van der Waals surface area contributed by atoms with Crippen LogP contribution in [0.25, 0.3) is 0 Å². The maximum absolute atomic E-state index is 12.4. The highest BCUT2D eigenvalue weighted by Crippen LogP contribution is 2.47. The predicted octanol–water partition coefficient (Wildman–Crippen LogP) is 3.79. The number of fused-ring (bicyclic) bond motifs is 5. The SMILES string of the molecule is O=C(Cc1cccc2c1C1C=CC2O1)c1ccccc1. The van der Waals surface area contributed by atoms with Gasteiger partial charge in [0.05, 0.1) is 0 Å². The number of hydrogen-bond donors (Lipinski definition) is 0. The van der Waals surface area contributed by atoms with Crippen LogP contribution in [-0.4, -0.2) is 5.78 Å². The second-order valence-electron chi connectivity index (χ2n) is 5.25. The maximum Gasteiger partial charge on any atom is 0.167 e. The molecule has 0 fully saturated rings. The molecule has 2 nitrogen and oxygen atoms in total. The molecule has 0 spiro atoms. The largest absolute Gasteiger partial charge is 0.357 e. The molecule has 0 saturated carbocycles. The zero-order chi connectivity index (χ0) is 13.5. The lowest BCUT2D eigenvalue weighted by molar-refractivity contribution is 0.0874. The molecule has 4 rings (SSSR count). The van der Waals surface area contributed by atoms with E-state index in [1.807, 2.05) is 42.5 Å². The number of carbonyl (C=O) groups is 1. The van der Waals surface area contributed by atoms with Crippen molar-refractivity contribution in [2.75, 3.05) is 0 Å². The molecule has 2 heteroatoms. The van der Waals surface area contributed by atoms with Crippen molar-refractivity contribution in [1.82, 2.24) is 0 Å². The van der Waals surface area contributed by atoms with E-state index < -0.39 is 0 Å². The van der Waals surface area contributed by atoms with E-state index in [4.69, 9.17) is 4.74 Å². The number of hydrogen-bond acceptors (Lipinski definition) is 2. The van der Waals surface area contributed by atoms with Crippen LogP contribution in [0.1, 0.15) is 39.3 Å². The molecule has 2 aliphatic rings. The van der Waals surface area contributed by atoms with Gasteiger partial charge in [-0.3, -0.25) is 4.79 Å². The molecule has 0 aromatic heterocycles. The summed E-state index contributed by atoms with van der Waals surface area (Å²) in [6, 6.07) is 15.6. The number of Topliss-reactive ketones (excluding diaryl/α,β-unsaturated/α-hetero) is 1. The van der Waals surface area contributed by atoms with E-state index in [0.717, 1.165) is 11.1 Å². The van der Waals surface area contributed by atoms with Crippen LogP contribution in [-0.2, 0) is 11.2 Å². The van der Waals surface area contributed by atoms with Crippen LogP contribution >= 0.6 is 0 Å². The Labute approximate surface area is 117 Å². The Kier molecular flexibility index (Phi) is 2.57. The molecule has 2 unspecified atom stereocenters. The Hall–Kier alpha value is -2.19. The average Bonchev–Trinajstić information content (AvgIpc) is 3.10. The molecule has 2 heterocycles. The molecular formula is C18H14O2. The van der Waals surface area contributed by atoms with Crippen molar-refractivity contribution in [3.63, 3.8) is 0 Å². The minimum Gasteiger partial charge on any atom is -0.357 e. The minimum atomic E-state index is 0.0368. The third-order valence-electron chi connectivity index (χ3n) is 4.02. The zero-order valence-electron chi connectivity index (χ0n) is 11.0. The van der Waals surface area contributed by atoms with Crippen molar-refractivity contribution in [1.29, 1.82) is 0 Å². The first-order chi connectivity index (χ1) is 9.83. The van der Waals surface area contributed by atoms with E-state index in [1.165, 1.54) is 11.1 Å². The first-order valence-electron chi connectivity index (χ1n) is 6.86. The highest BCUT2D eigenvalue weighted by Gasteiger charge is 2.35. The summed E-state index contributed by atoms with van der Waals surface area (Å²) in [6.07, 6.45) is 4.74. The van der Waals surface area contributed by atoms with E-state index in [1.54, 1.807) is 0 Å². The third-order valence-corrected chi connectivity index (χ3v) is 4.02. The Bertz CT molecular complexity index is 701. The van der Waals surface area contributed by atoms with Gasteiger partial charge in [0.15, 0.2) is 5.78 Å². The van der Waals surface area contributed by atoms with Gasteiger partial charge in [0.1, 0.15) is 12.2 Å². The Balaban J connectivity index is 1.67. The van der Waals surface area contributed by atoms with Gasteiger partial charge in [-0.25, -0.2) is 0 Å². The molecule has 0 saturated heterocycles. The molecule has 2 atom stereocenters. The Morgan fingerprint density at radius 1 is 0.950 bits per heavy atom. The van der Waals surface area contributed by atoms with Crippen molar-refractivity contribution in [3.8, 4) is 0 Å². The van der Waals surface area contributed by atoms with Crippen LogP contribution < -0.4 is 0 Å². The van der Waals surface area contributed by atoms with Crippen molar-refractivity contribution in [2.45, 2.75) is 18.6 Å². The topological polar surface area (TPSA) is 26.3 Å². The molecule has 0 radical (unpaired) electrons. The lowest BCUT2D eigenvalue weighted by Gasteiger charge is -2.12. The fourth-order valence-electron chi connectivity index (χ4n) is 3.07. The number of rotatable bonds is 3. The van der Waals surface area contributed by atoms with Gasteiger partial charge in [0, 0.05) is 12.0 Å². The van der Waals surface area contributed by atoms with E-state index in [0.29, 0.717) is 6.42 Å². The van der Waals surface area contributed by atoms with Crippen molar-refractivity contribution in [3.05, 3.63) is 82.9 Å². The molecule has 0 N–H and O–H groups in total. The first kappa shape index (κ1) is 11.6. The third kappa shape index (κ3) is 1.73. The summed E-state index contributed by atoms with van der Waals surface area (Å²) in [5, 5.41) is 0. The summed E-state index contributed by atoms with van der Waals surface area (Å²) >= 11 is 0. The maximum atomic E-state index is 12.4. The number of benzene rings is 2. The highest BCUT2D eigenvalue weighted by atomic mass is 16.5. The van der Waals surface area contributed by atoms with E-state index in [9.17, 15) is 4.79 Å². The molecule has 2 aromatic rings. The number of carbonyl (C=O) groups excluding carboxylic acids is 1. The Morgan fingerprint density at radius 2 is 1.75 bits per heavy atom. The first-order valence-corrected chi connectivity index (χ1v) is 6.86. The smallest absolute Gasteiger partial charge is 0.167 e. The van der Waals surface area contributed by atoms with Crippen molar-refractivity contribution < 1.29 is 9.53 Å². The summed E-state index contributed by atoms with van der Waals surface area (Å²) in [7, 11) is 0. The van der Waals surface area contributed by atoms with Gasteiger partial charge in [0.2, 0.25) is 0 Å². The molecule has 0 aliphatic carbocycles. The highest BCUT2D eigenvalue weighted by molar-refractivity contribution is 5.97. The zero-order valence-corrected chi connectivity index (χ0v) is 11.0. The van der Waals surface area contributed by atoms with Crippen molar-refractivity contribution in [2.24, 2.45) is 0 Å². The summed E-state index contributed by atoms with van der Waals surface area (Å²) in [5.41, 5.74) is 4.28. The summed E-state index contributed by atoms with van der Waals surface area (Å²) in [4.78, 5) is 12.4. The Morgan fingerprint density at radius 3 is 2.60 bits per heavy atom. The monoisotopic (exact) mass is 262 g/mol. The minimum absolute atomic E-state index is 0.0368. The molecule has 20 heavy (non-hydrogen) atoms. The summed E-state index contributed by atoms with van der Waals surface area (Å²) in [6.45, 7) is 0. The number of ether oxygens (including phenoxy) is 1. The van der Waals surface area contributed by atoms with Gasteiger partial charge in [-0.15, -0.1) is 0 Å². The van der Waals surface area contributed by atoms with Crippen LogP contribution in [0.4, 0.5) is 0 Å². The number of ketones is 1. The average molecular weight is 262 g/mol. The normalized spacial score (nSPS) is 22.0. The van der Waals surface area contributed by atoms with Gasteiger partial charge < -0.3 is 4.74 Å². The second kappa shape index (κ2) is 4.43. The van der Waals surface area contributed by atoms with Gasteiger partial charge in [0.25, 0.3) is 0 Å². The van der Waals surface area contributed by atoms with Crippen LogP contribution in [0.5, 0.6) is 0 Å². The molecule has 2 bridgehead atoms. The fourth-order valence-corrected chi connectivity index (χ4v) is 3.07. The van der Waals surface area contributed by atoms with E-state index in [2.05, 4.69) is 18.2 Å². The fraction of sp³-hybridized carbons (Fsp3) is 0.167. The van der Waals surface area contributed by atoms with Gasteiger partial charge in [-0.05, 0) is 16.7 Å². The van der Waals surface area contributed by atoms with Crippen molar-refractivity contribution >= 4 is 5.78 Å². The molecule has 2 aromatic carbocycles. The standard InChI is InChI=1S/C18H14O2/c19-15(12-5-2-1-3-6-12)11-13-7-4-8-14-16-9-10-17(20-16)18(13)14/h1-10,16-17H,11H2. The van der Waals surface area contributed by atoms with Gasteiger partial charge in [-0.1, -0.05) is 60.7 Å². The van der Waals surface area contributed by atoms with Gasteiger partial charge >= 0.3 is 0 Å². The second-order valence-corrected chi connectivity index (χ2v) is 5.25.